The van der Waals surface area contributed by atoms with Crippen molar-refractivity contribution in [3.63, 3.8) is 0 Å². The summed E-state index contributed by atoms with van der Waals surface area (Å²) in [5.74, 6) is 0. The second kappa shape index (κ2) is 33.6. The minimum absolute atomic E-state index is 0. The van der Waals surface area contributed by atoms with E-state index in [4.69, 9.17) is 0 Å². The molecule has 0 N–H and O–H groups in total. The molecule has 0 spiro atoms. The standard InChI is InChI=1S/2C33H46P.Cr/c2*1-5-9-17-27-19-15-25-32(30(27)23-11-7-3)34(29-21-13-14-22-29)33-26-16-20-28(18-10-6-2)31(33)24-12-8-4;/h2*13-16,19-22,25-26H,5-12,17-18,23-24H2,1-4H3;/q2*-1;+2. The Kier molecular flexibility index (Phi) is 28.5. The van der Waals surface area contributed by atoms with Crippen LogP contribution in [0.4, 0.5) is 0 Å². The molecule has 0 aliphatic carbocycles. The molecule has 0 aliphatic rings. The summed E-state index contributed by atoms with van der Waals surface area (Å²) < 4.78 is 0. The van der Waals surface area contributed by atoms with Crippen LogP contribution >= 0.6 is 15.8 Å². The third kappa shape index (κ3) is 17.0. The number of unbranched alkanes of at least 4 members (excludes halogenated alkanes) is 8. The Labute approximate surface area is 437 Å². The molecule has 0 nitrogen and oxygen atoms in total. The Balaban J connectivity index is 0.000000296. The van der Waals surface area contributed by atoms with Gasteiger partial charge in [0.2, 0.25) is 0 Å². The van der Waals surface area contributed by atoms with E-state index in [1.54, 1.807) is 65.7 Å². The molecule has 0 aliphatic heterocycles. The molecular weight excluding hydrogens is 907 g/mol. The van der Waals surface area contributed by atoms with Gasteiger partial charge in [0, 0.05) is 0 Å². The first-order valence-corrected chi connectivity index (χ1v) is 30.6. The summed E-state index contributed by atoms with van der Waals surface area (Å²) >= 11 is 0. The van der Waals surface area contributed by atoms with Gasteiger partial charge >= 0.3 is 17.4 Å². The molecule has 6 aromatic rings. The van der Waals surface area contributed by atoms with E-state index in [1.165, 1.54) is 165 Å². The van der Waals surface area contributed by atoms with Crippen molar-refractivity contribution in [2.45, 2.75) is 209 Å². The van der Waals surface area contributed by atoms with Gasteiger partial charge in [0.25, 0.3) is 0 Å². The van der Waals surface area contributed by atoms with Gasteiger partial charge in [-0.15, -0.1) is 10.6 Å². The Bertz CT molecular complexity index is 1970. The van der Waals surface area contributed by atoms with Gasteiger partial charge in [-0.1, -0.05) is 180 Å². The van der Waals surface area contributed by atoms with Crippen molar-refractivity contribution in [2.75, 3.05) is 0 Å². The molecule has 6 rings (SSSR count). The van der Waals surface area contributed by atoms with Gasteiger partial charge in [-0.3, -0.25) is 0 Å². The third-order valence-electron chi connectivity index (χ3n) is 14.1. The van der Waals surface area contributed by atoms with E-state index in [-0.39, 0.29) is 17.4 Å². The van der Waals surface area contributed by atoms with Crippen molar-refractivity contribution < 1.29 is 17.4 Å². The van der Waals surface area contributed by atoms with E-state index >= 15 is 0 Å². The van der Waals surface area contributed by atoms with Crippen LogP contribution in [0.25, 0.3) is 0 Å². The molecule has 69 heavy (non-hydrogen) atoms. The van der Waals surface area contributed by atoms with Gasteiger partial charge in [-0.2, -0.15) is 24.3 Å². The molecule has 0 fully saturated rings. The molecule has 0 unspecified atom stereocenters. The van der Waals surface area contributed by atoms with E-state index in [2.05, 4.69) is 177 Å². The minimum Gasteiger partial charge on any atom is -0.213 e. The number of hydrogen-bond acceptors (Lipinski definition) is 0. The van der Waals surface area contributed by atoms with Gasteiger partial charge in [0.15, 0.2) is 0 Å². The summed E-state index contributed by atoms with van der Waals surface area (Å²) in [7, 11) is -1.09. The van der Waals surface area contributed by atoms with Crippen LogP contribution < -0.4 is 31.8 Å². The number of benzene rings is 4. The maximum atomic E-state index is 2.47. The first-order chi connectivity index (χ1) is 33.5. The Morgan fingerprint density at radius 2 is 0.522 bits per heavy atom. The fraction of sp³-hybridized carbons (Fsp3) is 0.485. The molecule has 0 heterocycles. The molecule has 0 aromatic heterocycles. The molecule has 372 valence electrons. The quantitative estimate of drug-likeness (QED) is 0.0312. The van der Waals surface area contributed by atoms with Gasteiger partial charge in [-0.25, -0.2) is 24.3 Å². The maximum Gasteiger partial charge on any atom is 2.00 e. The number of rotatable bonds is 30. The van der Waals surface area contributed by atoms with E-state index in [0.29, 0.717) is 0 Å². The monoisotopic (exact) mass is 999 g/mol. The Morgan fingerprint density at radius 1 is 0.290 bits per heavy atom. The summed E-state index contributed by atoms with van der Waals surface area (Å²) in [6, 6.07) is 47.4. The zero-order chi connectivity index (χ0) is 48.4. The predicted octanol–water partition coefficient (Wildman–Crippen LogP) is 17.1. The van der Waals surface area contributed by atoms with E-state index in [9.17, 15) is 0 Å². The third-order valence-corrected chi connectivity index (χ3v) is 19.3. The first-order valence-electron chi connectivity index (χ1n) is 28.0. The molecule has 6 aromatic carbocycles. The fourth-order valence-electron chi connectivity index (χ4n) is 10.1. The number of aryl methyl sites for hydroxylation is 4. The molecule has 0 bridgehead atoms. The van der Waals surface area contributed by atoms with Crippen molar-refractivity contribution in [1.29, 1.82) is 0 Å². The summed E-state index contributed by atoms with van der Waals surface area (Å²) in [6.07, 6.45) is 30.0. The van der Waals surface area contributed by atoms with Gasteiger partial charge in [0.05, 0.1) is 0 Å². The SMILES string of the molecule is CCCCc1cccc(P(c2ccc[cH-]2)c2cccc(CCCC)c2CCCC)c1CCCC.CCCCc1cccc(P(c2ccc[cH-]2)c2cccc(CCCC)c2CCCC)c1CCCC.[Cr+2]. The van der Waals surface area contributed by atoms with Crippen LogP contribution in [0.3, 0.4) is 0 Å². The van der Waals surface area contributed by atoms with Crippen molar-refractivity contribution in [3.8, 4) is 0 Å². The number of hydrogen-bond donors (Lipinski definition) is 0. The summed E-state index contributed by atoms with van der Waals surface area (Å²) in [6.45, 7) is 18.6. The molecular formula is C66H92CrP2. The minimum atomic E-state index is -0.546. The van der Waals surface area contributed by atoms with Gasteiger partial charge in [0.1, 0.15) is 0 Å². The average molecular weight is 999 g/mol. The summed E-state index contributed by atoms with van der Waals surface area (Å²) in [5, 5.41) is 9.51. The Hall–Kier alpha value is -3.03. The average Bonchev–Trinajstić information content (AvgIpc) is 4.11. The van der Waals surface area contributed by atoms with Crippen LogP contribution in [0.5, 0.6) is 0 Å². The van der Waals surface area contributed by atoms with Crippen LogP contribution in [-0.4, -0.2) is 0 Å². The normalized spacial score (nSPS) is 11.3. The molecule has 0 radical (unpaired) electrons. The molecule has 0 atom stereocenters. The zero-order valence-corrected chi connectivity index (χ0v) is 47.9. The van der Waals surface area contributed by atoms with Crippen molar-refractivity contribution >= 4 is 47.7 Å². The van der Waals surface area contributed by atoms with E-state index < -0.39 is 15.8 Å². The van der Waals surface area contributed by atoms with Crippen molar-refractivity contribution in [1.82, 2.24) is 0 Å². The molecule has 0 saturated heterocycles. The molecule has 3 heteroatoms. The van der Waals surface area contributed by atoms with Crippen molar-refractivity contribution in [2.24, 2.45) is 0 Å². The Morgan fingerprint density at radius 3 is 0.725 bits per heavy atom. The van der Waals surface area contributed by atoms with Crippen LogP contribution in [-0.2, 0) is 68.7 Å². The smallest absolute Gasteiger partial charge is 0.213 e. The van der Waals surface area contributed by atoms with Gasteiger partial charge in [-0.05, 0) is 184 Å². The summed E-state index contributed by atoms with van der Waals surface area (Å²) in [4.78, 5) is 0. The van der Waals surface area contributed by atoms with Crippen LogP contribution in [0.1, 0.15) is 203 Å². The van der Waals surface area contributed by atoms with Crippen LogP contribution in [0.2, 0.25) is 0 Å². The fourth-order valence-corrected chi connectivity index (χ4v) is 15.8. The molecule has 0 saturated carbocycles. The van der Waals surface area contributed by atoms with Crippen LogP contribution in [0, 0.1) is 0 Å². The zero-order valence-electron chi connectivity index (χ0n) is 44.8. The van der Waals surface area contributed by atoms with Crippen molar-refractivity contribution in [3.05, 3.63) is 166 Å². The van der Waals surface area contributed by atoms with E-state index in [0.717, 1.165) is 0 Å². The largest absolute Gasteiger partial charge is 2.00 e. The second-order valence-electron chi connectivity index (χ2n) is 19.4. The van der Waals surface area contributed by atoms with E-state index in [1.807, 2.05) is 0 Å². The maximum absolute atomic E-state index is 2.47. The predicted molar refractivity (Wildman–Crippen MR) is 310 cm³/mol. The van der Waals surface area contributed by atoms with Gasteiger partial charge < -0.3 is 0 Å². The first kappa shape index (κ1) is 58.5. The van der Waals surface area contributed by atoms with Crippen LogP contribution in [0.15, 0.2) is 121 Å². The molecule has 0 amide bonds. The summed E-state index contributed by atoms with van der Waals surface area (Å²) in [5.41, 5.74) is 13.0. The second-order valence-corrected chi connectivity index (χ2v) is 23.7. The topological polar surface area (TPSA) is 0 Å².